The lowest BCUT2D eigenvalue weighted by molar-refractivity contribution is 0.0837. The molecule has 1 heterocycles. The van der Waals surface area contributed by atoms with Crippen LogP contribution in [-0.4, -0.2) is 6.61 Å². The molecular weight excluding hydrogens is 202 g/mol. The minimum atomic E-state index is 0.321. The monoisotopic (exact) mass is 225 g/mol. The van der Waals surface area contributed by atoms with Crippen LogP contribution in [0.3, 0.4) is 0 Å². The van der Waals surface area contributed by atoms with Gasteiger partial charge in [-0.25, -0.2) is 0 Å². The molecule has 0 saturated carbocycles. The molecule has 0 atom stereocenters. The lowest BCUT2D eigenvalue weighted by Gasteiger charge is -2.17. The zero-order chi connectivity index (χ0) is 12.2. The molecule has 0 spiro atoms. The van der Waals surface area contributed by atoms with Crippen LogP contribution in [0.4, 0.5) is 0 Å². The Morgan fingerprint density at radius 2 is 2.06 bits per heavy atom. The third-order valence-electron chi connectivity index (χ3n) is 2.50. The number of rotatable bonds is 5. The van der Waals surface area contributed by atoms with Gasteiger partial charge in [0.1, 0.15) is 18.1 Å². The van der Waals surface area contributed by atoms with Crippen molar-refractivity contribution in [2.24, 2.45) is 11.1 Å². The molecular formula is C13H23NO2. The van der Waals surface area contributed by atoms with Crippen LogP contribution < -0.4 is 5.73 Å². The van der Waals surface area contributed by atoms with Crippen molar-refractivity contribution in [1.82, 2.24) is 0 Å². The van der Waals surface area contributed by atoms with E-state index in [2.05, 4.69) is 20.8 Å². The molecule has 0 unspecified atom stereocenters. The van der Waals surface area contributed by atoms with Crippen LogP contribution >= 0.6 is 0 Å². The van der Waals surface area contributed by atoms with Gasteiger partial charge >= 0.3 is 0 Å². The molecule has 1 rings (SSSR count). The molecule has 0 radical (unpaired) electrons. The van der Waals surface area contributed by atoms with Crippen molar-refractivity contribution in [2.45, 2.75) is 47.3 Å². The lowest BCUT2D eigenvalue weighted by Crippen LogP contribution is -2.09. The average Bonchev–Trinajstić information content (AvgIpc) is 2.52. The van der Waals surface area contributed by atoms with Gasteiger partial charge in [0.25, 0.3) is 0 Å². The minimum absolute atomic E-state index is 0.321. The molecule has 0 bridgehead atoms. The van der Waals surface area contributed by atoms with Crippen LogP contribution in [0.5, 0.6) is 0 Å². The predicted molar refractivity (Wildman–Crippen MR) is 65.1 cm³/mol. The second-order valence-electron chi connectivity index (χ2n) is 5.39. The summed E-state index contributed by atoms with van der Waals surface area (Å²) in [7, 11) is 0. The fourth-order valence-corrected chi connectivity index (χ4v) is 1.42. The first-order valence-electron chi connectivity index (χ1n) is 5.78. The van der Waals surface area contributed by atoms with Gasteiger partial charge in [-0.2, -0.15) is 0 Å². The zero-order valence-electron chi connectivity index (χ0n) is 10.8. The van der Waals surface area contributed by atoms with Gasteiger partial charge in [0, 0.05) is 6.61 Å². The SMILES string of the molecule is Cc1cc(COCCC(C)(C)C)oc1CN. The summed E-state index contributed by atoms with van der Waals surface area (Å²) >= 11 is 0. The maximum absolute atomic E-state index is 5.57. The summed E-state index contributed by atoms with van der Waals surface area (Å²) in [6, 6.07) is 2.00. The molecule has 0 aliphatic heterocycles. The molecule has 0 fully saturated rings. The van der Waals surface area contributed by atoms with Crippen molar-refractivity contribution in [1.29, 1.82) is 0 Å². The Balaban J connectivity index is 2.32. The number of hydrogen-bond donors (Lipinski definition) is 1. The number of hydrogen-bond acceptors (Lipinski definition) is 3. The highest BCUT2D eigenvalue weighted by atomic mass is 16.5. The summed E-state index contributed by atoms with van der Waals surface area (Å²) in [6.45, 7) is 10.4. The maximum atomic E-state index is 5.57. The van der Waals surface area contributed by atoms with Gasteiger partial charge in [-0.3, -0.25) is 0 Å². The van der Waals surface area contributed by atoms with Crippen LogP contribution in [0, 0.1) is 12.3 Å². The molecule has 16 heavy (non-hydrogen) atoms. The molecule has 0 amide bonds. The van der Waals surface area contributed by atoms with Crippen LogP contribution in [-0.2, 0) is 17.9 Å². The lowest BCUT2D eigenvalue weighted by atomic mass is 9.93. The summed E-state index contributed by atoms with van der Waals surface area (Å²) < 4.78 is 11.1. The Morgan fingerprint density at radius 3 is 2.56 bits per heavy atom. The topological polar surface area (TPSA) is 48.4 Å². The smallest absolute Gasteiger partial charge is 0.130 e. The Kier molecular flexibility index (Phi) is 4.56. The van der Waals surface area contributed by atoms with E-state index >= 15 is 0 Å². The van der Waals surface area contributed by atoms with Crippen molar-refractivity contribution in [3.05, 3.63) is 23.2 Å². The van der Waals surface area contributed by atoms with E-state index in [-0.39, 0.29) is 0 Å². The summed E-state index contributed by atoms with van der Waals surface area (Å²) in [5.74, 6) is 1.72. The van der Waals surface area contributed by atoms with E-state index in [9.17, 15) is 0 Å². The van der Waals surface area contributed by atoms with Gasteiger partial charge in [-0.05, 0) is 30.4 Å². The number of furan rings is 1. The molecule has 2 N–H and O–H groups in total. The summed E-state index contributed by atoms with van der Waals surface area (Å²) in [5, 5.41) is 0. The van der Waals surface area contributed by atoms with E-state index in [0.717, 1.165) is 30.1 Å². The van der Waals surface area contributed by atoms with E-state index in [1.54, 1.807) is 0 Å². The van der Waals surface area contributed by atoms with Crippen molar-refractivity contribution >= 4 is 0 Å². The number of nitrogens with two attached hydrogens (primary N) is 1. The highest BCUT2D eigenvalue weighted by molar-refractivity contribution is 5.19. The van der Waals surface area contributed by atoms with Gasteiger partial charge < -0.3 is 14.9 Å². The van der Waals surface area contributed by atoms with Crippen molar-refractivity contribution < 1.29 is 9.15 Å². The molecule has 0 aromatic carbocycles. The molecule has 0 saturated heterocycles. The first kappa shape index (κ1) is 13.3. The molecule has 0 aliphatic rings. The molecule has 1 aromatic rings. The molecule has 92 valence electrons. The molecule has 3 heteroatoms. The first-order valence-corrected chi connectivity index (χ1v) is 5.78. The van der Waals surface area contributed by atoms with Crippen LogP contribution in [0.1, 0.15) is 44.3 Å². The molecule has 3 nitrogen and oxygen atoms in total. The standard InChI is InChI=1S/C13H23NO2/c1-10-7-11(16-12(10)8-14)9-15-6-5-13(2,3)4/h7H,5-6,8-9,14H2,1-4H3. The summed E-state index contributed by atoms with van der Waals surface area (Å²) in [5.41, 5.74) is 6.97. The maximum Gasteiger partial charge on any atom is 0.130 e. The van der Waals surface area contributed by atoms with Crippen molar-refractivity contribution in [3.8, 4) is 0 Å². The van der Waals surface area contributed by atoms with E-state index < -0.39 is 0 Å². The van der Waals surface area contributed by atoms with E-state index in [1.807, 2.05) is 13.0 Å². The van der Waals surface area contributed by atoms with Crippen LogP contribution in [0.25, 0.3) is 0 Å². The fourth-order valence-electron chi connectivity index (χ4n) is 1.42. The summed E-state index contributed by atoms with van der Waals surface area (Å²) in [6.07, 6.45) is 1.05. The quantitative estimate of drug-likeness (QED) is 0.784. The Morgan fingerprint density at radius 1 is 1.38 bits per heavy atom. The van der Waals surface area contributed by atoms with Crippen molar-refractivity contribution in [3.63, 3.8) is 0 Å². The van der Waals surface area contributed by atoms with Gasteiger partial charge in [-0.1, -0.05) is 20.8 Å². The predicted octanol–water partition coefficient (Wildman–Crippen LogP) is 3.00. The molecule has 1 aromatic heterocycles. The second kappa shape index (κ2) is 5.51. The largest absolute Gasteiger partial charge is 0.462 e. The minimum Gasteiger partial charge on any atom is -0.462 e. The Hall–Kier alpha value is -0.800. The van der Waals surface area contributed by atoms with Crippen LogP contribution in [0.15, 0.2) is 10.5 Å². The number of aryl methyl sites for hydroxylation is 1. The Bertz CT molecular complexity index is 323. The number of ether oxygens (including phenoxy) is 1. The highest BCUT2D eigenvalue weighted by Crippen LogP contribution is 2.19. The molecule has 0 aliphatic carbocycles. The van der Waals surface area contributed by atoms with Gasteiger partial charge in [-0.15, -0.1) is 0 Å². The van der Waals surface area contributed by atoms with Gasteiger partial charge in [0.2, 0.25) is 0 Å². The van der Waals surface area contributed by atoms with Gasteiger partial charge in [0.15, 0.2) is 0 Å². The first-order chi connectivity index (χ1) is 7.42. The third-order valence-corrected chi connectivity index (χ3v) is 2.50. The average molecular weight is 225 g/mol. The highest BCUT2D eigenvalue weighted by Gasteiger charge is 2.10. The second-order valence-corrected chi connectivity index (χ2v) is 5.39. The van der Waals surface area contributed by atoms with E-state index in [1.165, 1.54) is 0 Å². The van der Waals surface area contributed by atoms with Crippen molar-refractivity contribution in [2.75, 3.05) is 6.61 Å². The summed E-state index contributed by atoms with van der Waals surface area (Å²) in [4.78, 5) is 0. The zero-order valence-corrected chi connectivity index (χ0v) is 10.8. The van der Waals surface area contributed by atoms with Gasteiger partial charge in [0.05, 0.1) is 6.54 Å². The van der Waals surface area contributed by atoms with E-state index in [0.29, 0.717) is 18.6 Å². The van der Waals surface area contributed by atoms with E-state index in [4.69, 9.17) is 14.9 Å². The third kappa shape index (κ3) is 4.37. The normalized spacial score (nSPS) is 12.1. The van der Waals surface area contributed by atoms with Crippen LogP contribution in [0.2, 0.25) is 0 Å². The Labute approximate surface area is 98.0 Å². The fraction of sp³-hybridized carbons (Fsp3) is 0.692.